The van der Waals surface area contributed by atoms with E-state index >= 15 is 0 Å². The highest BCUT2D eigenvalue weighted by molar-refractivity contribution is 5.95. The summed E-state index contributed by atoms with van der Waals surface area (Å²) >= 11 is 0. The lowest BCUT2D eigenvalue weighted by atomic mass is 10.0. The third kappa shape index (κ3) is 3.63. The second-order valence-corrected chi connectivity index (χ2v) is 4.77. The van der Waals surface area contributed by atoms with Crippen LogP contribution in [-0.4, -0.2) is 30.3 Å². The van der Waals surface area contributed by atoms with Crippen molar-refractivity contribution >= 4 is 11.6 Å². The van der Waals surface area contributed by atoms with Crippen LogP contribution in [0.15, 0.2) is 18.2 Å². The Bertz CT molecular complexity index is 430. The molecule has 5 heteroatoms. The van der Waals surface area contributed by atoms with Gasteiger partial charge in [-0.1, -0.05) is 0 Å². The topological polar surface area (TPSA) is 84.6 Å². The molecular formula is C13H20N2O3. The average molecular weight is 252 g/mol. The summed E-state index contributed by atoms with van der Waals surface area (Å²) in [6.07, 6.45) is 0.490. The van der Waals surface area contributed by atoms with Gasteiger partial charge < -0.3 is 20.9 Å². The van der Waals surface area contributed by atoms with Gasteiger partial charge in [-0.2, -0.15) is 0 Å². The molecule has 0 saturated carbocycles. The number of rotatable bonds is 5. The first kappa shape index (κ1) is 14.3. The third-order valence-electron chi connectivity index (χ3n) is 2.68. The van der Waals surface area contributed by atoms with Gasteiger partial charge in [0.05, 0.1) is 12.8 Å². The fraction of sp³-hybridized carbons (Fsp3) is 0.462. The molecule has 0 heterocycles. The maximum atomic E-state index is 12.0. The van der Waals surface area contributed by atoms with Crippen molar-refractivity contribution in [2.45, 2.75) is 25.8 Å². The first-order valence-corrected chi connectivity index (χ1v) is 5.76. The molecule has 0 spiro atoms. The number of carbonyl (C=O) groups excluding carboxylic acids is 1. The van der Waals surface area contributed by atoms with Crippen LogP contribution in [0.5, 0.6) is 5.75 Å². The molecule has 1 aromatic carbocycles. The van der Waals surface area contributed by atoms with E-state index in [9.17, 15) is 4.79 Å². The van der Waals surface area contributed by atoms with Crippen molar-refractivity contribution in [1.29, 1.82) is 0 Å². The first-order chi connectivity index (χ1) is 8.39. The Morgan fingerprint density at radius 2 is 2.17 bits per heavy atom. The predicted molar refractivity (Wildman–Crippen MR) is 70.7 cm³/mol. The van der Waals surface area contributed by atoms with Crippen LogP contribution in [-0.2, 0) is 0 Å². The van der Waals surface area contributed by atoms with E-state index in [-0.39, 0.29) is 12.5 Å². The van der Waals surface area contributed by atoms with Gasteiger partial charge in [-0.3, -0.25) is 4.79 Å². The summed E-state index contributed by atoms with van der Waals surface area (Å²) in [5.74, 6) is 0.323. The molecule has 0 aliphatic rings. The minimum Gasteiger partial charge on any atom is -0.495 e. The molecule has 18 heavy (non-hydrogen) atoms. The molecule has 0 unspecified atom stereocenters. The number of aliphatic hydroxyl groups excluding tert-OH is 1. The molecule has 0 bridgehead atoms. The van der Waals surface area contributed by atoms with Crippen LogP contribution in [0.4, 0.5) is 5.69 Å². The zero-order valence-electron chi connectivity index (χ0n) is 11.0. The minimum atomic E-state index is -0.458. The number of nitrogen functional groups attached to an aromatic ring is 1. The lowest BCUT2D eigenvalue weighted by Crippen LogP contribution is -2.44. The van der Waals surface area contributed by atoms with E-state index in [0.717, 1.165) is 0 Å². The van der Waals surface area contributed by atoms with Crippen LogP contribution in [0.2, 0.25) is 0 Å². The summed E-state index contributed by atoms with van der Waals surface area (Å²) in [5.41, 5.74) is 6.18. The van der Waals surface area contributed by atoms with Gasteiger partial charge in [0.2, 0.25) is 0 Å². The molecule has 0 aliphatic heterocycles. The Balaban J connectivity index is 2.82. The summed E-state index contributed by atoms with van der Waals surface area (Å²) in [6, 6.07) is 4.88. The van der Waals surface area contributed by atoms with Crippen LogP contribution in [0, 0.1) is 0 Å². The smallest absolute Gasteiger partial charge is 0.251 e. The molecule has 0 aliphatic carbocycles. The molecule has 1 amide bonds. The van der Waals surface area contributed by atoms with Gasteiger partial charge in [0.15, 0.2) is 0 Å². The van der Waals surface area contributed by atoms with Crippen LogP contribution in [0.1, 0.15) is 30.6 Å². The van der Waals surface area contributed by atoms with Crippen molar-refractivity contribution in [2.75, 3.05) is 19.5 Å². The number of nitrogens with one attached hydrogen (secondary N) is 1. The Morgan fingerprint density at radius 1 is 1.50 bits per heavy atom. The van der Waals surface area contributed by atoms with Gasteiger partial charge in [-0.25, -0.2) is 0 Å². The standard InChI is InChI=1S/C13H20N2O3/c1-13(2,6-7-16)15-12(17)9-4-5-11(18-3)10(14)8-9/h4-5,8,16H,6-7,14H2,1-3H3,(H,15,17). The lowest BCUT2D eigenvalue weighted by Gasteiger charge is -2.25. The number of aliphatic hydroxyl groups is 1. The predicted octanol–water partition coefficient (Wildman–Crippen LogP) is 1.17. The van der Waals surface area contributed by atoms with Crippen molar-refractivity contribution in [3.05, 3.63) is 23.8 Å². The van der Waals surface area contributed by atoms with E-state index in [1.54, 1.807) is 18.2 Å². The van der Waals surface area contributed by atoms with Gasteiger partial charge in [-0.05, 0) is 38.5 Å². The minimum absolute atomic E-state index is 0.0258. The first-order valence-electron chi connectivity index (χ1n) is 5.76. The molecule has 100 valence electrons. The highest BCUT2D eigenvalue weighted by Gasteiger charge is 2.20. The number of anilines is 1. The third-order valence-corrected chi connectivity index (χ3v) is 2.68. The molecule has 1 aromatic rings. The highest BCUT2D eigenvalue weighted by atomic mass is 16.5. The van der Waals surface area contributed by atoms with Crippen molar-refractivity contribution in [1.82, 2.24) is 5.32 Å². The molecule has 1 rings (SSSR count). The van der Waals surface area contributed by atoms with Crippen molar-refractivity contribution in [3.63, 3.8) is 0 Å². The second kappa shape index (κ2) is 5.73. The highest BCUT2D eigenvalue weighted by Crippen LogP contribution is 2.22. The van der Waals surface area contributed by atoms with E-state index < -0.39 is 5.54 Å². The Hall–Kier alpha value is -1.75. The molecule has 0 radical (unpaired) electrons. The molecule has 0 saturated heterocycles. The summed E-state index contributed by atoms with van der Waals surface area (Å²) in [5, 5.41) is 11.8. The van der Waals surface area contributed by atoms with Crippen molar-refractivity contribution in [2.24, 2.45) is 0 Å². The molecule has 4 N–H and O–H groups in total. The number of ether oxygens (including phenoxy) is 1. The normalized spacial score (nSPS) is 11.1. The lowest BCUT2D eigenvalue weighted by molar-refractivity contribution is 0.0899. The van der Waals surface area contributed by atoms with Crippen molar-refractivity contribution < 1.29 is 14.6 Å². The molecule has 0 atom stereocenters. The number of methoxy groups -OCH3 is 1. The zero-order valence-corrected chi connectivity index (χ0v) is 11.0. The van der Waals surface area contributed by atoms with Gasteiger partial charge in [0.1, 0.15) is 5.75 Å². The number of nitrogens with two attached hydrogens (primary N) is 1. The second-order valence-electron chi connectivity index (χ2n) is 4.77. The van der Waals surface area contributed by atoms with Crippen LogP contribution < -0.4 is 15.8 Å². The number of carbonyl (C=O) groups is 1. The van der Waals surface area contributed by atoms with E-state index in [2.05, 4.69) is 5.32 Å². The summed E-state index contributed by atoms with van der Waals surface area (Å²) in [4.78, 5) is 12.0. The average Bonchev–Trinajstić information content (AvgIpc) is 2.28. The number of amides is 1. The van der Waals surface area contributed by atoms with Gasteiger partial charge in [0, 0.05) is 17.7 Å². The van der Waals surface area contributed by atoms with E-state index in [4.69, 9.17) is 15.6 Å². The maximum absolute atomic E-state index is 12.0. The number of benzene rings is 1. The molecule has 5 nitrogen and oxygen atoms in total. The number of hydrogen-bond donors (Lipinski definition) is 3. The Kier molecular flexibility index (Phi) is 4.55. The summed E-state index contributed by atoms with van der Waals surface area (Å²) in [7, 11) is 1.52. The van der Waals surface area contributed by atoms with Gasteiger partial charge in [0.25, 0.3) is 5.91 Å². The molecule has 0 aromatic heterocycles. The largest absolute Gasteiger partial charge is 0.495 e. The van der Waals surface area contributed by atoms with Crippen molar-refractivity contribution in [3.8, 4) is 5.75 Å². The Morgan fingerprint density at radius 3 is 2.67 bits per heavy atom. The molecular weight excluding hydrogens is 232 g/mol. The van der Waals surface area contributed by atoms with E-state index in [1.807, 2.05) is 13.8 Å². The van der Waals surface area contributed by atoms with Crippen LogP contribution >= 0.6 is 0 Å². The van der Waals surface area contributed by atoms with E-state index in [1.165, 1.54) is 7.11 Å². The quantitative estimate of drug-likeness (QED) is 0.687. The summed E-state index contributed by atoms with van der Waals surface area (Å²) in [6.45, 7) is 3.74. The van der Waals surface area contributed by atoms with Crippen LogP contribution in [0.3, 0.4) is 0 Å². The Labute approximate surface area is 107 Å². The van der Waals surface area contributed by atoms with Gasteiger partial charge in [-0.15, -0.1) is 0 Å². The zero-order chi connectivity index (χ0) is 13.8. The summed E-state index contributed by atoms with van der Waals surface area (Å²) < 4.78 is 5.03. The fourth-order valence-corrected chi connectivity index (χ4v) is 1.60. The van der Waals surface area contributed by atoms with Gasteiger partial charge >= 0.3 is 0 Å². The monoisotopic (exact) mass is 252 g/mol. The SMILES string of the molecule is COc1ccc(C(=O)NC(C)(C)CCO)cc1N. The van der Waals surface area contributed by atoms with Crippen LogP contribution in [0.25, 0.3) is 0 Å². The van der Waals surface area contributed by atoms with E-state index in [0.29, 0.717) is 23.4 Å². The molecule has 0 fully saturated rings. The number of hydrogen-bond acceptors (Lipinski definition) is 4. The maximum Gasteiger partial charge on any atom is 0.251 e. The fourth-order valence-electron chi connectivity index (χ4n) is 1.60.